The van der Waals surface area contributed by atoms with Crippen LogP contribution in [0.15, 0.2) is 23.3 Å². The third-order valence-corrected chi connectivity index (χ3v) is 8.82. The molecule has 2 saturated carbocycles. The van der Waals surface area contributed by atoms with Crippen molar-refractivity contribution in [3.63, 3.8) is 0 Å². The van der Waals surface area contributed by atoms with Gasteiger partial charge in [-0.05, 0) is 55.9 Å². The number of Topliss-reactive ketones (excluding diaryl/α,β-unsaturated/α-hetero) is 1. The Kier molecular flexibility index (Phi) is 3.51. The molecule has 154 valence electrons. The minimum atomic E-state index is -1.49. The highest BCUT2D eigenvalue weighted by Gasteiger charge is 2.76. The summed E-state index contributed by atoms with van der Waals surface area (Å²) in [4.78, 5) is 14.2. The summed E-state index contributed by atoms with van der Waals surface area (Å²) < 4.78 is 12.2. The fourth-order valence-corrected chi connectivity index (χ4v) is 7.20. The van der Waals surface area contributed by atoms with Gasteiger partial charge in [0, 0.05) is 5.92 Å². The maximum Gasteiger partial charge on any atom is 0.164 e. The monoisotopic (exact) mass is 387 g/mol. The van der Waals surface area contributed by atoms with Crippen molar-refractivity contribution in [1.29, 1.82) is 0 Å². The molecule has 5 heteroatoms. The van der Waals surface area contributed by atoms with Gasteiger partial charge in [-0.3, -0.25) is 4.79 Å². The van der Waals surface area contributed by atoms with E-state index < -0.39 is 28.9 Å². The Morgan fingerprint density at radius 3 is 2.61 bits per heavy atom. The minimum absolute atomic E-state index is 0.00455. The second kappa shape index (κ2) is 5.18. The number of carbonyl (C=O) groups excluding carboxylic acids is 1. The molecule has 5 aliphatic rings. The molecule has 0 aromatic heterocycles. The SMILES string of the molecule is CC1=C[C@]23C(=O)[C@@H](C=C4COC(C)(C)O[C@H]4C2(O)[C@H]1N)[C@H]1[C@@H](C[C@H]3C)C1(C)C. The van der Waals surface area contributed by atoms with E-state index in [9.17, 15) is 9.90 Å². The molecular weight excluding hydrogens is 354 g/mol. The first-order chi connectivity index (χ1) is 12.9. The lowest BCUT2D eigenvalue weighted by Crippen LogP contribution is -2.69. The second-order valence-electron chi connectivity index (χ2n) is 11.0. The van der Waals surface area contributed by atoms with E-state index in [0.29, 0.717) is 18.4 Å². The number of fused-ring (bicyclic) bond motifs is 5. The normalized spacial score (nSPS) is 53.1. The van der Waals surface area contributed by atoms with E-state index in [2.05, 4.69) is 26.8 Å². The number of aliphatic hydroxyl groups is 1. The zero-order chi connectivity index (χ0) is 20.4. The molecule has 1 saturated heterocycles. The quantitative estimate of drug-likeness (QED) is 0.625. The average molecular weight is 388 g/mol. The highest BCUT2D eigenvalue weighted by atomic mass is 16.7. The summed E-state index contributed by atoms with van der Waals surface area (Å²) in [7, 11) is 0. The van der Waals surface area contributed by atoms with Crippen molar-refractivity contribution in [2.45, 2.75) is 71.5 Å². The third-order valence-electron chi connectivity index (χ3n) is 8.82. The Morgan fingerprint density at radius 2 is 1.93 bits per heavy atom. The molecule has 5 nitrogen and oxygen atoms in total. The Hall–Kier alpha value is -1.01. The zero-order valence-electron chi connectivity index (χ0n) is 17.8. The molecule has 5 rings (SSSR count). The summed E-state index contributed by atoms with van der Waals surface area (Å²) in [6, 6.07) is -0.637. The standard InChI is InChI=1S/C23H33NO4/c1-11-9-22-12(2)7-15-16(20(15,3)4)14(18(22)25)8-13-10-27-21(5,6)28-19(13)23(22,26)17(11)24/h8-9,12,14-17,19,26H,7,10,24H2,1-6H3/t12-,14+,15-,16+,17+,19-,22+,23?/m1/s1. The maximum atomic E-state index is 14.2. The molecule has 8 atom stereocenters. The number of nitrogens with two attached hydrogens (primary N) is 1. The summed E-state index contributed by atoms with van der Waals surface area (Å²) in [6.45, 7) is 12.7. The van der Waals surface area contributed by atoms with E-state index in [-0.39, 0.29) is 23.0 Å². The predicted molar refractivity (Wildman–Crippen MR) is 105 cm³/mol. The predicted octanol–water partition coefficient (Wildman–Crippen LogP) is 2.58. The van der Waals surface area contributed by atoms with Crippen LogP contribution in [0.5, 0.6) is 0 Å². The summed E-state index contributed by atoms with van der Waals surface area (Å²) >= 11 is 0. The van der Waals surface area contributed by atoms with Gasteiger partial charge in [-0.1, -0.05) is 38.5 Å². The fourth-order valence-electron chi connectivity index (χ4n) is 7.20. The summed E-state index contributed by atoms with van der Waals surface area (Å²) in [5, 5.41) is 12.3. The Balaban J connectivity index is 1.77. The van der Waals surface area contributed by atoms with Crippen LogP contribution < -0.4 is 5.73 Å². The van der Waals surface area contributed by atoms with Crippen LogP contribution in [-0.2, 0) is 14.3 Å². The molecule has 3 N–H and O–H groups in total. The van der Waals surface area contributed by atoms with E-state index in [1.54, 1.807) is 0 Å². The first kappa shape index (κ1) is 19.0. The van der Waals surface area contributed by atoms with Crippen molar-refractivity contribution in [2.24, 2.45) is 40.2 Å². The molecule has 1 aliphatic heterocycles. The highest BCUT2D eigenvalue weighted by molar-refractivity contribution is 5.95. The van der Waals surface area contributed by atoms with Gasteiger partial charge in [-0.15, -0.1) is 0 Å². The van der Waals surface area contributed by atoms with Crippen molar-refractivity contribution >= 4 is 5.78 Å². The summed E-state index contributed by atoms with van der Waals surface area (Å²) in [5.74, 6) is -0.152. The minimum Gasteiger partial charge on any atom is -0.383 e. The Bertz CT molecular complexity index is 826. The molecule has 0 aromatic carbocycles. The molecule has 1 heterocycles. The Morgan fingerprint density at radius 1 is 1.25 bits per heavy atom. The lowest BCUT2D eigenvalue weighted by Gasteiger charge is -2.52. The van der Waals surface area contributed by atoms with E-state index >= 15 is 0 Å². The third kappa shape index (κ3) is 1.95. The van der Waals surface area contributed by atoms with Gasteiger partial charge in [0.25, 0.3) is 0 Å². The molecule has 3 fully saturated rings. The molecule has 4 aliphatic carbocycles. The Labute approximate surface area is 167 Å². The number of carbonyl (C=O) groups is 1. The van der Waals surface area contributed by atoms with Crippen LogP contribution in [0.3, 0.4) is 0 Å². The van der Waals surface area contributed by atoms with Crippen LogP contribution in [0, 0.1) is 34.5 Å². The van der Waals surface area contributed by atoms with Gasteiger partial charge < -0.3 is 20.3 Å². The largest absolute Gasteiger partial charge is 0.383 e. The molecule has 0 radical (unpaired) electrons. The van der Waals surface area contributed by atoms with Gasteiger partial charge in [0.05, 0.1) is 18.1 Å². The van der Waals surface area contributed by atoms with Crippen molar-refractivity contribution < 1.29 is 19.4 Å². The number of hydrogen-bond donors (Lipinski definition) is 2. The molecule has 0 amide bonds. The molecule has 28 heavy (non-hydrogen) atoms. The van der Waals surface area contributed by atoms with Gasteiger partial charge in [0.1, 0.15) is 11.7 Å². The summed E-state index contributed by atoms with van der Waals surface area (Å²) in [6.07, 6.45) is 4.35. The number of rotatable bonds is 0. The van der Waals surface area contributed by atoms with Gasteiger partial charge in [-0.25, -0.2) is 0 Å². The second-order valence-corrected chi connectivity index (χ2v) is 11.0. The number of ether oxygens (including phenoxy) is 2. The molecule has 2 bridgehead atoms. The summed E-state index contributed by atoms with van der Waals surface area (Å²) in [5.41, 5.74) is 6.01. The van der Waals surface area contributed by atoms with Crippen molar-refractivity contribution in [2.75, 3.05) is 6.61 Å². The van der Waals surface area contributed by atoms with Crippen molar-refractivity contribution in [3.05, 3.63) is 23.3 Å². The van der Waals surface area contributed by atoms with Crippen molar-refractivity contribution in [3.8, 4) is 0 Å². The van der Waals surface area contributed by atoms with Crippen LogP contribution in [0.25, 0.3) is 0 Å². The van der Waals surface area contributed by atoms with Gasteiger partial charge in [-0.2, -0.15) is 0 Å². The number of hydrogen-bond acceptors (Lipinski definition) is 5. The first-order valence-corrected chi connectivity index (χ1v) is 10.6. The molecule has 1 spiro atoms. The van der Waals surface area contributed by atoms with Crippen LogP contribution in [0.1, 0.15) is 48.0 Å². The lowest BCUT2D eigenvalue weighted by molar-refractivity contribution is -0.294. The van der Waals surface area contributed by atoms with E-state index in [0.717, 1.165) is 17.6 Å². The average Bonchev–Trinajstić information content (AvgIpc) is 3.10. The van der Waals surface area contributed by atoms with Gasteiger partial charge in [0.2, 0.25) is 0 Å². The van der Waals surface area contributed by atoms with E-state index in [4.69, 9.17) is 15.2 Å². The zero-order valence-corrected chi connectivity index (χ0v) is 17.8. The highest BCUT2D eigenvalue weighted by Crippen LogP contribution is 2.71. The van der Waals surface area contributed by atoms with E-state index in [1.807, 2.05) is 26.8 Å². The number of ketones is 1. The fraction of sp³-hybridized carbons (Fsp3) is 0.783. The van der Waals surface area contributed by atoms with E-state index in [1.165, 1.54) is 0 Å². The molecule has 0 aromatic rings. The molecular formula is C23H33NO4. The van der Waals surface area contributed by atoms with Gasteiger partial charge >= 0.3 is 0 Å². The van der Waals surface area contributed by atoms with Crippen molar-refractivity contribution in [1.82, 2.24) is 0 Å². The number of allylic oxidation sites excluding steroid dienone is 1. The molecule has 1 unspecified atom stereocenters. The maximum absolute atomic E-state index is 14.2. The van der Waals surface area contributed by atoms with Crippen LogP contribution in [0.2, 0.25) is 0 Å². The first-order valence-electron chi connectivity index (χ1n) is 10.6. The van der Waals surface area contributed by atoms with Crippen LogP contribution in [0.4, 0.5) is 0 Å². The van der Waals surface area contributed by atoms with Gasteiger partial charge in [0.15, 0.2) is 11.6 Å². The van der Waals surface area contributed by atoms with Crippen LogP contribution in [-0.4, -0.2) is 41.0 Å². The lowest BCUT2D eigenvalue weighted by atomic mass is 9.58. The smallest absolute Gasteiger partial charge is 0.164 e. The topological polar surface area (TPSA) is 81.8 Å². The van der Waals surface area contributed by atoms with Crippen LogP contribution >= 0.6 is 0 Å².